The zero-order valence-electron chi connectivity index (χ0n) is 19.2. The van der Waals surface area contributed by atoms with Gasteiger partial charge >= 0.3 is 0 Å². The average molecular weight is 521 g/mol. The smallest absolute Gasteiger partial charge is 0.255 e. The number of hydrogen-bond donors (Lipinski definition) is 2. The third-order valence-corrected chi connectivity index (χ3v) is 7.18. The van der Waals surface area contributed by atoms with Crippen LogP contribution < -0.4 is 15.4 Å². The molecule has 4 rings (SSSR count). The van der Waals surface area contributed by atoms with E-state index in [0.29, 0.717) is 23.4 Å². The summed E-state index contributed by atoms with van der Waals surface area (Å²) in [5.74, 6) is 0.369. The minimum absolute atomic E-state index is 0.0528. The molecule has 0 aromatic heterocycles. The van der Waals surface area contributed by atoms with Gasteiger partial charge in [0.25, 0.3) is 11.8 Å². The lowest BCUT2D eigenvalue weighted by molar-refractivity contribution is 0.0909. The number of halogens is 1. The number of hydrogen-bond acceptors (Lipinski definition) is 3. The molecule has 0 aliphatic heterocycles. The van der Waals surface area contributed by atoms with E-state index >= 15 is 0 Å². The van der Waals surface area contributed by atoms with Crippen LogP contribution in [0.1, 0.15) is 52.0 Å². The van der Waals surface area contributed by atoms with Crippen molar-refractivity contribution in [2.45, 2.75) is 37.1 Å². The van der Waals surface area contributed by atoms with Crippen molar-refractivity contribution in [3.63, 3.8) is 0 Å². The van der Waals surface area contributed by atoms with Crippen LogP contribution in [0.3, 0.4) is 0 Å². The summed E-state index contributed by atoms with van der Waals surface area (Å²) in [4.78, 5) is 25.7. The molecule has 0 radical (unpaired) electrons. The molecule has 1 aliphatic rings. The number of rotatable bonds is 7. The Morgan fingerprint density at radius 2 is 1.65 bits per heavy atom. The van der Waals surface area contributed by atoms with Crippen molar-refractivity contribution in [2.24, 2.45) is 0 Å². The second-order valence-electron chi connectivity index (χ2n) is 8.79. The van der Waals surface area contributed by atoms with E-state index in [1.54, 1.807) is 19.2 Å². The minimum Gasteiger partial charge on any atom is -0.496 e. The standard InChI is InChI=1S/C28H29BrN2O3/c1-34-25-13-6-5-12-24(25)27(33)30-19-28(21-9-3-2-4-10-21)16-14-23(15-17-28)31-26(32)20-8-7-11-22(29)18-20/h2-13,18,23H,14-17,19H2,1H3,(H,30,33)(H,31,32). The van der Waals surface area contributed by atoms with E-state index in [2.05, 4.69) is 38.7 Å². The molecular weight excluding hydrogens is 492 g/mol. The van der Waals surface area contributed by atoms with Crippen molar-refractivity contribution >= 4 is 27.7 Å². The predicted molar refractivity (Wildman–Crippen MR) is 137 cm³/mol. The first-order valence-corrected chi connectivity index (χ1v) is 12.3. The molecule has 1 saturated carbocycles. The van der Waals surface area contributed by atoms with Crippen molar-refractivity contribution in [3.05, 3.63) is 100 Å². The Balaban J connectivity index is 1.45. The molecule has 3 aromatic carbocycles. The molecule has 34 heavy (non-hydrogen) atoms. The molecular formula is C28H29BrN2O3. The fourth-order valence-corrected chi connectivity index (χ4v) is 5.15. The van der Waals surface area contributed by atoms with Crippen molar-refractivity contribution in [1.82, 2.24) is 10.6 Å². The third-order valence-electron chi connectivity index (χ3n) is 6.69. The molecule has 2 N–H and O–H groups in total. The molecule has 2 amide bonds. The van der Waals surface area contributed by atoms with Gasteiger partial charge in [-0.05, 0) is 61.6 Å². The van der Waals surface area contributed by atoms with Crippen LogP contribution in [0.2, 0.25) is 0 Å². The van der Waals surface area contributed by atoms with E-state index in [1.807, 2.05) is 54.6 Å². The summed E-state index contributed by atoms with van der Waals surface area (Å²) in [6.45, 7) is 0.528. The van der Waals surface area contributed by atoms with Gasteiger partial charge in [0.05, 0.1) is 12.7 Å². The summed E-state index contributed by atoms with van der Waals surface area (Å²) >= 11 is 3.43. The van der Waals surface area contributed by atoms with Gasteiger partial charge in [0.2, 0.25) is 0 Å². The zero-order valence-corrected chi connectivity index (χ0v) is 20.8. The first-order valence-electron chi connectivity index (χ1n) is 11.5. The fourth-order valence-electron chi connectivity index (χ4n) is 4.75. The summed E-state index contributed by atoms with van der Waals surface area (Å²) < 4.78 is 6.25. The molecule has 176 valence electrons. The van der Waals surface area contributed by atoms with Crippen LogP contribution in [0.5, 0.6) is 5.75 Å². The van der Waals surface area contributed by atoms with Crippen LogP contribution in [-0.4, -0.2) is 31.5 Å². The van der Waals surface area contributed by atoms with Crippen LogP contribution in [0, 0.1) is 0 Å². The minimum atomic E-state index is -0.185. The van der Waals surface area contributed by atoms with Crippen LogP contribution in [0.4, 0.5) is 0 Å². The van der Waals surface area contributed by atoms with Gasteiger partial charge < -0.3 is 15.4 Å². The molecule has 0 unspecified atom stereocenters. The summed E-state index contributed by atoms with van der Waals surface area (Å²) in [5, 5.41) is 6.35. The van der Waals surface area contributed by atoms with Crippen LogP contribution in [-0.2, 0) is 5.41 Å². The first-order chi connectivity index (χ1) is 16.5. The number of ether oxygens (including phenoxy) is 1. The van der Waals surface area contributed by atoms with Gasteiger partial charge in [-0.2, -0.15) is 0 Å². The summed E-state index contributed by atoms with van der Waals surface area (Å²) in [6, 6.07) is 25.2. The second-order valence-corrected chi connectivity index (χ2v) is 9.70. The van der Waals surface area contributed by atoms with Gasteiger partial charge in [-0.25, -0.2) is 0 Å². The third kappa shape index (κ3) is 5.50. The number of amides is 2. The van der Waals surface area contributed by atoms with E-state index in [1.165, 1.54) is 5.56 Å². The summed E-state index contributed by atoms with van der Waals surface area (Å²) in [6.07, 6.45) is 3.43. The van der Waals surface area contributed by atoms with E-state index < -0.39 is 0 Å². The molecule has 3 aromatic rings. The highest BCUT2D eigenvalue weighted by Gasteiger charge is 2.37. The predicted octanol–water partition coefficient (Wildman–Crippen LogP) is 5.50. The fraction of sp³-hybridized carbons (Fsp3) is 0.286. The molecule has 1 aliphatic carbocycles. The monoisotopic (exact) mass is 520 g/mol. The van der Waals surface area contributed by atoms with Gasteiger partial charge in [-0.15, -0.1) is 0 Å². The molecule has 0 saturated heterocycles. The first kappa shape index (κ1) is 24.0. The normalized spacial score (nSPS) is 19.8. The lowest BCUT2D eigenvalue weighted by atomic mass is 9.68. The maximum absolute atomic E-state index is 13.0. The van der Waals surface area contributed by atoms with Crippen molar-refractivity contribution in [3.8, 4) is 5.75 Å². The summed E-state index contributed by atoms with van der Waals surface area (Å²) in [7, 11) is 1.57. The lowest BCUT2D eigenvalue weighted by Crippen LogP contribution is -2.47. The maximum atomic E-state index is 13.0. The number of nitrogens with one attached hydrogen (secondary N) is 2. The average Bonchev–Trinajstić information content (AvgIpc) is 2.88. The Morgan fingerprint density at radius 1 is 0.941 bits per heavy atom. The summed E-state index contributed by atoms with van der Waals surface area (Å²) in [5.41, 5.74) is 2.21. The highest BCUT2D eigenvalue weighted by molar-refractivity contribution is 9.10. The zero-order chi connectivity index (χ0) is 24.0. The molecule has 0 bridgehead atoms. The Bertz CT molecular complexity index is 1140. The molecule has 0 heterocycles. The Kier molecular flexibility index (Phi) is 7.68. The largest absolute Gasteiger partial charge is 0.496 e. The molecule has 0 atom stereocenters. The number of para-hydroxylation sites is 1. The van der Waals surface area contributed by atoms with Crippen molar-refractivity contribution in [2.75, 3.05) is 13.7 Å². The van der Waals surface area contributed by atoms with Gasteiger partial charge in [0.1, 0.15) is 5.75 Å². The highest BCUT2D eigenvalue weighted by atomic mass is 79.9. The van der Waals surface area contributed by atoms with Crippen LogP contribution >= 0.6 is 15.9 Å². The van der Waals surface area contributed by atoms with Crippen molar-refractivity contribution < 1.29 is 14.3 Å². The van der Waals surface area contributed by atoms with Gasteiger partial charge in [-0.3, -0.25) is 9.59 Å². The quantitative estimate of drug-likeness (QED) is 0.432. The van der Waals surface area contributed by atoms with Gasteiger partial charge in [0, 0.05) is 28.0 Å². The van der Waals surface area contributed by atoms with Crippen molar-refractivity contribution in [1.29, 1.82) is 0 Å². The second kappa shape index (κ2) is 10.9. The van der Waals surface area contributed by atoms with E-state index in [-0.39, 0.29) is 23.3 Å². The SMILES string of the molecule is COc1ccccc1C(=O)NCC1(c2ccccc2)CCC(NC(=O)c2cccc(Br)c2)CC1. The van der Waals surface area contributed by atoms with Gasteiger partial charge in [-0.1, -0.05) is 64.5 Å². The molecule has 0 spiro atoms. The van der Waals surface area contributed by atoms with E-state index in [9.17, 15) is 9.59 Å². The molecule has 1 fully saturated rings. The Morgan fingerprint density at radius 3 is 2.35 bits per heavy atom. The number of carbonyl (C=O) groups excluding carboxylic acids is 2. The number of carbonyl (C=O) groups is 2. The Labute approximate surface area is 209 Å². The maximum Gasteiger partial charge on any atom is 0.255 e. The van der Waals surface area contributed by atoms with Gasteiger partial charge in [0.15, 0.2) is 0 Å². The van der Waals surface area contributed by atoms with E-state index in [0.717, 1.165) is 30.2 Å². The molecule has 5 nitrogen and oxygen atoms in total. The number of methoxy groups -OCH3 is 1. The van der Waals surface area contributed by atoms with E-state index in [4.69, 9.17) is 4.74 Å². The topological polar surface area (TPSA) is 67.4 Å². The highest BCUT2D eigenvalue weighted by Crippen LogP contribution is 2.39. The lowest BCUT2D eigenvalue weighted by Gasteiger charge is -2.41. The van der Waals surface area contributed by atoms with Crippen LogP contribution in [0.25, 0.3) is 0 Å². The Hall–Kier alpha value is -3.12. The van der Waals surface area contributed by atoms with Crippen LogP contribution in [0.15, 0.2) is 83.3 Å². The number of benzene rings is 3. The molecule has 6 heteroatoms.